The van der Waals surface area contributed by atoms with Gasteiger partial charge in [0.05, 0.1) is 5.25 Å². The van der Waals surface area contributed by atoms with Crippen LogP contribution in [0.4, 0.5) is 0 Å². The van der Waals surface area contributed by atoms with E-state index >= 15 is 0 Å². The van der Waals surface area contributed by atoms with Gasteiger partial charge in [0.1, 0.15) is 0 Å². The number of hydrogen-bond donors (Lipinski definition) is 0. The highest BCUT2D eigenvalue weighted by molar-refractivity contribution is 7.89. The summed E-state index contributed by atoms with van der Waals surface area (Å²) in [6.07, 6.45) is 1.83. The molecule has 1 fully saturated rings. The Kier molecular flexibility index (Phi) is 2.54. The van der Waals surface area contributed by atoms with E-state index in [2.05, 4.69) is 0 Å². The average molecular weight is 177 g/mol. The van der Waals surface area contributed by atoms with Gasteiger partial charge in [-0.1, -0.05) is 6.92 Å². The van der Waals surface area contributed by atoms with Crippen molar-refractivity contribution in [2.24, 2.45) is 0 Å². The van der Waals surface area contributed by atoms with Crippen molar-refractivity contribution >= 4 is 10.0 Å². The summed E-state index contributed by atoms with van der Waals surface area (Å²) in [5.41, 5.74) is 0. The lowest BCUT2D eigenvalue weighted by Gasteiger charge is -2.29. The first-order valence-corrected chi connectivity index (χ1v) is 5.58. The number of rotatable bonds is 1. The van der Waals surface area contributed by atoms with Crippen molar-refractivity contribution in [2.75, 3.05) is 13.1 Å². The van der Waals surface area contributed by atoms with Crippen LogP contribution < -0.4 is 0 Å². The molecule has 1 saturated heterocycles. The van der Waals surface area contributed by atoms with Crippen LogP contribution in [0.15, 0.2) is 0 Å². The Bertz CT molecular complexity index is 223. The highest BCUT2D eigenvalue weighted by Gasteiger charge is 2.30. The normalized spacial score (nSPS) is 32.0. The molecule has 1 rings (SSSR count). The molecular formula is C7H15NO2S. The van der Waals surface area contributed by atoms with Crippen LogP contribution >= 0.6 is 0 Å². The lowest BCUT2D eigenvalue weighted by molar-refractivity contribution is 0.380. The minimum Gasteiger partial charge on any atom is -0.212 e. The lowest BCUT2D eigenvalue weighted by Crippen LogP contribution is -2.42. The van der Waals surface area contributed by atoms with Gasteiger partial charge < -0.3 is 0 Å². The molecule has 1 unspecified atom stereocenters. The average Bonchev–Trinajstić information content (AvgIpc) is 1.95. The Labute approximate surface area is 68.4 Å². The first-order valence-electron chi connectivity index (χ1n) is 4.08. The standard InChI is InChI=1S/C7H15NO2S/c1-3-8-6-4-5-7(2)11(8,9)10/h7H,3-6H2,1-2H3. The predicted molar refractivity (Wildman–Crippen MR) is 44.9 cm³/mol. The molecule has 0 amide bonds. The minimum atomic E-state index is -2.92. The molecule has 0 aromatic carbocycles. The van der Waals surface area contributed by atoms with Gasteiger partial charge in [-0.2, -0.15) is 0 Å². The second-order valence-electron chi connectivity index (χ2n) is 2.99. The maximum Gasteiger partial charge on any atom is 0.216 e. The SMILES string of the molecule is CCN1CCCC(C)S1(=O)=O. The molecule has 4 heteroatoms. The third-order valence-electron chi connectivity index (χ3n) is 2.24. The van der Waals surface area contributed by atoms with Gasteiger partial charge in [-0.15, -0.1) is 0 Å². The van der Waals surface area contributed by atoms with Crippen LogP contribution in [0.25, 0.3) is 0 Å². The molecule has 0 aromatic heterocycles. The van der Waals surface area contributed by atoms with Gasteiger partial charge in [0, 0.05) is 13.1 Å². The van der Waals surface area contributed by atoms with Gasteiger partial charge in [-0.3, -0.25) is 0 Å². The zero-order valence-electron chi connectivity index (χ0n) is 7.08. The van der Waals surface area contributed by atoms with Gasteiger partial charge in [-0.05, 0) is 19.8 Å². The molecule has 1 atom stereocenters. The predicted octanol–water partition coefficient (Wildman–Crippen LogP) is 0.820. The van der Waals surface area contributed by atoms with E-state index in [1.165, 1.54) is 0 Å². The molecule has 0 aromatic rings. The van der Waals surface area contributed by atoms with Gasteiger partial charge in [0.15, 0.2) is 0 Å². The first kappa shape index (κ1) is 9.00. The van der Waals surface area contributed by atoms with Crippen molar-refractivity contribution < 1.29 is 8.42 Å². The maximum atomic E-state index is 11.5. The molecule has 11 heavy (non-hydrogen) atoms. The fourth-order valence-corrected chi connectivity index (χ4v) is 3.14. The molecule has 0 saturated carbocycles. The third-order valence-corrected chi connectivity index (χ3v) is 4.65. The highest BCUT2D eigenvalue weighted by atomic mass is 32.2. The Morgan fingerprint density at radius 2 is 2.18 bits per heavy atom. The Morgan fingerprint density at radius 3 is 2.64 bits per heavy atom. The van der Waals surface area contributed by atoms with E-state index in [9.17, 15) is 8.42 Å². The van der Waals surface area contributed by atoms with E-state index in [1.54, 1.807) is 11.2 Å². The maximum absolute atomic E-state index is 11.5. The zero-order chi connectivity index (χ0) is 8.48. The van der Waals surface area contributed by atoms with Crippen LogP contribution in [0.2, 0.25) is 0 Å². The van der Waals surface area contributed by atoms with Crippen LogP contribution in [-0.2, 0) is 10.0 Å². The smallest absolute Gasteiger partial charge is 0.212 e. The number of sulfonamides is 1. The van der Waals surface area contributed by atoms with Crippen molar-refractivity contribution in [3.8, 4) is 0 Å². The first-order chi connectivity index (χ1) is 5.09. The van der Waals surface area contributed by atoms with Crippen molar-refractivity contribution in [3.63, 3.8) is 0 Å². The van der Waals surface area contributed by atoms with Gasteiger partial charge in [0.25, 0.3) is 0 Å². The molecule has 66 valence electrons. The van der Waals surface area contributed by atoms with Crippen LogP contribution in [0.5, 0.6) is 0 Å². The van der Waals surface area contributed by atoms with Crippen LogP contribution in [0.1, 0.15) is 26.7 Å². The molecule has 1 aliphatic heterocycles. The highest BCUT2D eigenvalue weighted by Crippen LogP contribution is 2.19. The van der Waals surface area contributed by atoms with Crippen molar-refractivity contribution in [3.05, 3.63) is 0 Å². The molecule has 1 heterocycles. The fraction of sp³-hybridized carbons (Fsp3) is 1.00. The van der Waals surface area contributed by atoms with Crippen molar-refractivity contribution in [1.82, 2.24) is 4.31 Å². The summed E-state index contributed by atoms with van der Waals surface area (Å²) in [4.78, 5) is 0. The molecule has 0 aliphatic carbocycles. The summed E-state index contributed by atoms with van der Waals surface area (Å²) in [6, 6.07) is 0. The van der Waals surface area contributed by atoms with E-state index in [0.717, 1.165) is 12.8 Å². The van der Waals surface area contributed by atoms with E-state index in [0.29, 0.717) is 13.1 Å². The van der Waals surface area contributed by atoms with Crippen molar-refractivity contribution in [1.29, 1.82) is 0 Å². The lowest BCUT2D eigenvalue weighted by atomic mass is 10.2. The van der Waals surface area contributed by atoms with E-state index in [1.807, 2.05) is 6.92 Å². The Hall–Kier alpha value is -0.0900. The molecule has 3 nitrogen and oxygen atoms in total. The summed E-state index contributed by atoms with van der Waals surface area (Å²) in [5.74, 6) is 0. The summed E-state index contributed by atoms with van der Waals surface area (Å²) in [6.45, 7) is 5.00. The fourth-order valence-electron chi connectivity index (χ4n) is 1.42. The monoisotopic (exact) mass is 177 g/mol. The van der Waals surface area contributed by atoms with Crippen LogP contribution in [0.3, 0.4) is 0 Å². The molecule has 1 aliphatic rings. The molecule has 0 bridgehead atoms. The van der Waals surface area contributed by atoms with Gasteiger partial charge >= 0.3 is 0 Å². The summed E-state index contributed by atoms with van der Waals surface area (Å²) >= 11 is 0. The number of hydrogen-bond acceptors (Lipinski definition) is 2. The quantitative estimate of drug-likeness (QED) is 0.594. The minimum absolute atomic E-state index is 0.170. The molecule has 0 N–H and O–H groups in total. The molecular weight excluding hydrogens is 162 g/mol. The van der Waals surface area contributed by atoms with Crippen LogP contribution in [-0.4, -0.2) is 31.1 Å². The van der Waals surface area contributed by atoms with E-state index < -0.39 is 10.0 Å². The third kappa shape index (κ3) is 1.56. The second kappa shape index (κ2) is 3.11. The van der Waals surface area contributed by atoms with E-state index in [4.69, 9.17) is 0 Å². The summed E-state index contributed by atoms with van der Waals surface area (Å²) in [5, 5.41) is -0.170. The summed E-state index contributed by atoms with van der Waals surface area (Å²) in [7, 11) is -2.92. The van der Waals surface area contributed by atoms with Crippen LogP contribution in [0, 0.1) is 0 Å². The Balaban J connectivity index is 2.82. The second-order valence-corrected chi connectivity index (χ2v) is 5.34. The molecule has 0 radical (unpaired) electrons. The zero-order valence-corrected chi connectivity index (χ0v) is 7.89. The van der Waals surface area contributed by atoms with Crippen molar-refractivity contribution in [2.45, 2.75) is 31.9 Å². The van der Waals surface area contributed by atoms with Gasteiger partial charge in [-0.25, -0.2) is 12.7 Å². The van der Waals surface area contributed by atoms with E-state index in [-0.39, 0.29) is 5.25 Å². The Morgan fingerprint density at radius 1 is 1.55 bits per heavy atom. The summed E-state index contributed by atoms with van der Waals surface area (Å²) < 4.78 is 24.5. The largest absolute Gasteiger partial charge is 0.216 e. The van der Waals surface area contributed by atoms with Gasteiger partial charge in [0.2, 0.25) is 10.0 Å². The topological polar surface area (TPSA) is 37.4 Å². The molecule has 0 spiro atoms. The number of nitrogens with zero attached hydrogens (tertiary/aromatic N) is 1.